The van der Waals surface area contributed by atoms with Crippen LogP contribution in [0.25, 0.3) is 66.6 Å². The summed E-state index contributed by atoms with van der Waals surface area (Å²) in [5.41, 5.74) is 12.0. The van der Waals surface area contributed by atoms with Crippen LogP contribution in [0.3, 0.4) is 0 Å². The Morgan fingerprint density at radius 1 is 0.463 bits per heavy atom. The Hall–Kier alpha value is -5.08. The summed E-state index contributed by atoms with van der Waals surface area (Å²) in [5.74, 6) is 0.744. The van der Waals surface area contributed by atoms with E-state index in [9.17, 15) is 0 Å². The predicted octanol–water partition coefficient (Wildman–Crippen LogP) is 10.1. The molecule has 2 nitrogen and oxygen atoms in total. The summed E-state index contributed by atoms with van der Waals surface area (Å²) < 4.78 is 0. The van der Waals surface area contributed by atoms with Gasteiger partial charge in [-0.05, 0) is 50.9 Å². The monoisotopic (exact) mass is 524 g/mol. The summed E-state index contributed by atoms with van der Waals surface area (Å²) in [6.07, 6.45) is 0. The van der Waals surface area contributed by atoms with Crippen LogP contribution >= 0.6 is 0 Å². The maximum Gasteiger partial charge on any atom is 0.160 e. The molecule has 0 amide bonds. The Balaban J connectivity index is 1.25. The molecule has 1 aromatic heterocycles. The second kappa shape index (κ2) is 8.97. The molecule has 1 heterocycles. The lowest BCUT2D eigenvalue weighted by atomic mass is 9.81. The fourth-order valence-corrected chi connectivity index (χ4v) is 6.50. The zero-order valence-electron chi connectivity index (χ0n) is 23.1. The van der Waals surface area contributed by atoms with Gasteiger partial charge in [-0.1, -0.05) is 135 Å². The third-order valence-electron chi connectivity index (χ3n) is 8.70. The fraction of sp³-hybridized carbons (Fsp3) is 0.0769. The second-order valence-corrected chi connectivity index (χ2v) is 11.5. The molecule has 6 aromatic carbocycles. The van der Waals surface area contributed by atoms with Gasteiger partial charge in [0.1, 0.15) is 0 Å². The third-order valence-corrected chi connectivity index (χ3v) is 8.70. The Bertz CT molecular complexity index is 2110. The van der Waals surface area contributed by atoms with Crippen LogP contribution in [0.2, 0.25) is 0 Å². The van der Waals surface area contributed by atoms with Gasteiger partial charge in [-0.25, -0.2) is 9.97 Å². The van der Waals surface area contributed by atoms with E-state index < -0.39 is 0 Å². The molecule has 0 saturated heterocycles. The summed E-state index contributed by atoms with van der Waals surface area (Å²) in [6, 6.07) is 47.6. The zero-order chi connectivity index (χ0) is 27.6. The molecule has 2 heteroatoms. The normalized spacial score (nSPS) is 13.3. The minimum absolute atomic E-state index is 0.0155. The van der Waals surface area contributed by atoms with Gasteiger partial charge in [-0.3, -0.25) is 0 Å². The molecule has 8 rings (SSSR count). The maximum atomic E-state index is 5.13. The molecule has 1 aliphatic carbocycles. The molecule has 0 radical (unpaired) electrons. The summed E-state index contributed by atoms with van der Waals surface area (Å²) in [6.45, 7) is 4.66. The topological polar surface area (TPSA) is 25.8 Å². The molecule has 41 heavy (non-hydrogen) atoms. The van der Waals surface area contributed by atoms with Gasteiger partial charge < -0.3 is 0 Å². The number of aromatic nitrogens is 2. The van der Waals surface area contributed by atoms with Crippen molar-refractivity contribution >= 4 is 21.7 Å². The Morgan fingerprint density at radius 2 is 1.15 bits per heavy atom. The lowest BCUT2D eigenvalue weighted by molar-refractivity contribution is 0.660. The highest BCUT2D eigenvalue weighted by molar-refractivity contribution is 6.09. The van der Waals surface area contributed by atoms with Crippen LogP contribution in [-0.2, 0) is 5.41 Å². The summed E-state index contributed by atoms with van der Waals surface area (Å²) in [4.78, 5) is 10.2. The molecule has 0 saturated carbocycles. The first kappa shape index (κ1) is 23.8. The van der Waals surface area contributed by atoms with Gasteiger partial charge in [0.15, 0.2) is 5.82 Å². The minimum atomic E-state index is -0.0155. The number of hydrogen-bond acceptors (Lipinski definition) is 2. The molecule has 194 valence electrons. The average Bonchev–Trinajstić information content (AvgIpc) is 3.27. The Kier molecular flexibility index (Phi) is 5.20. The number of nitrogens with zero attached hydrogens (tertiary/aromatic N) is 2. The second-order valence-electron chi connectivity index (χ2n) is 11.5. The van der Waals surface area contributed by atoms with E-state index in [1.807, 2.05) is 18.2 Å². The van der Waals surface area contributed by atoms with Crippen LogP contribution in [-0.4, -0.2) is 9.97 Å². The number of rotatable bonds is 3. The first-order chi connectivity index (χ1) is 20.1. The van der Waals surface area contributed by atoms with Crippen LogP contribution in [0, 0.1) is 0 Å². The number of hydrogen-bond donors (Lipinski definition) is 0. The van der Waals surface area contributed by atoms with Crippen molar-refractivity contribution in [1.29, 1.82) is 0 Å². The summed E-state index contributed by atoms with van der Waals surface area (Å²) in [5, 5.41) is 3.39. The molecule has 0 atom stereocenters. The van der Waals surface area contributed by atoms with Gasteiger partial charge in [0.2, 0.25) is 0 Å². The molecule has 0 unspecified atom stereocenters. The largest absolute Gasteiger partial charge is 0.227 e. The zero-order valence-corrected chi connectivity index (χ0v) is 23.1. The maximum absolute atomic E-state index is 5.13. The van der Waals surface area contributed by atoms with Crippen molar-refractivity contribution in [3.05, 3.63) is 145 Å². The molecule has 0 aliphatic heterocycles. The molecule has 7 aromatic rings. The molecule has 1 aliphatic rings. The van der Waals surface area contributed by atoms with Crippen LogP contribution in [0.5, 0.6) is 0 Å². The van der Waals surface area contributed by atoms with E-state index in [1.165, 1.54) is 38.8 Å². The van der Waals surface area contributed by atoms with Crippen molar-refractivity contribution in [3.8, 4) is 44.9 Å². The van der Waals surface area contributed by atoms with E-state index in [-0.39, 0.29) is 5.41 Å². The van der Waals surface area contributed by atoms with E-state index in [0.29, 0.717) is 0 Å². The van der Waals surface area contributed by atoms with Gasteiger partial charge in [0, 0.05) is 27.3 Å². The fourth-order valence-electron chi connectivity index (χ4n) is 6.50. The van der Waals surface area contributed by atoms with Crippen molar-refractivity contribution in [2.75, 3.05) is 0 Å². The molecular weight excluding hydrogens is 496 g/mol. The average molecular weight is 525 g/mol. The van der Waals surface area contributed by atoms with E-state index in [4.69, 9.17) is 9.97 Å². The third kappa shape index (κ3) is 3.72. The van der Waals surface area contributed by atoms with Crippen molar-refractivity contribution in [1.82, 2.24) is 9.97 Å². The van der Waals surface area contributed by atoms with E-state index >= 15 is 0 Å². The first-order valence-corrected chi connectivity index (χ1v) is 14.2. The van der Waals surface area contributed by atoms with Gasteiger partial charge >= 0.3 is 0 Å². The molecule has 0 spiro atoms. The van der Waals surface area contributed by atoms with Crippen molar-refractivity contribution in [3.63, 3.8) is 0 Å². The van der Waals surface area contributed by atoms with Crippen LogP contribution in [0.15, 0.2) is 133 Å². The predicted molar refractivity (Wildman–Crippen MR) is 171 cm³/mol. The van der Waals surface area contributed by atoms with Crippen molar-refractivity contribution < 1.29 is 0 Å². The lowest BCUT2D eigenvalue weighted by Crippen LogP contribution is -2.14. The number of fused-ring (bicyclic) bond motifs is 6. The standard InChI is InChI=1S/C39H28N2/c1-39(2)34-15-9-8-14-31(34)32-22-21-29(24-35(32)39)25-16-18-27(19-17-25)36-33-23-20-26-10-6-7-13-30(26)37(33)41-38(40-36)28-11-4-3-5-12-28/h3-24H,1-2H3. The van der Waals surface area contributed by atoms with E-state index in [0.717, 1.165) is 38.9 Å². The highest BCUT2D eigenvalue weighted by Crippen LogP contribution is 2.49. The van der Waals surface area contributed by atoms with Gasteiger partial charge in [0.25, 0.3) is 0 Å². The highest BCUT2D eigenvalue weighted by Gasteiger charge is 2.35. The SMILES string of the molecule is CC1(C)c2ccccc2-c2ccc(-c3ccc(-c4nc(-c5ccccc5)nc5c4ccc4ccccc45)cc3)cc21. The number of benzene rings is 6. The van der Waals surface area contributed by atoms with Crippen LogP contribution in [0.4, 0.5) is 0 Å². The van der Waals surface area contributed by atoms with Crippen molar-refractivity contribution in [2.45, 2.75) is 19.3 Å². The van der Waals surface area contributed by atoms with Gasteiger partial charge in [0.05, 0.1) is 11.2 Å². The van der Waals surface area contributed by atoms with Crippen molar-refractivity contribution in [2.24, 2.45) is 0 Å². The lowest BCUT2D eigenvalue weighted by Gasteiger charge is -2.22. The molecule has 0 fully saturated rings. The van der Waals surface area contributed by atoms with Gasteiger partial charge in [-0.15, -0.1) is 0 Å². The molecule has 0 bridgehead atoms. The smallest absolute Gasteiger partial charge is 0.160 e. The first-order valence-electron chi connectivity index (χ1n) is 14.2. The Labute approximate surface area is 240 Å². The van der Waals surface area contributed by atoms with Crippen LogP contribution < -0.4 is 0 Å². The quantitative estimate of drug-likeness (QED) is 0.215. The van der Waals surface area contributed by atoms with E-state index in [1.54, 1.807) is 0 Å². The van der Waals surface area contributed by atoms with E-state index in [2.05, 4.69) is 129 Å². The minimum Gasteiger partial charge on any atom is -0.227 e. The van der Waals surface area contributed by atoms with Crippen LogP contribution in [0.1, 0.15) is 25.0 Å². The molecule has 0 N–H and O–H groups in total. The summed E-state index contributed by atoms with van der Waals surface area (Å²) in [7, 11) is 0. The highest BCUT2D eigenvalue weighted by atomic mass is 14.9. The summed E-state index contributed by atoms with van der Waals surface area (Å²) >= 11 is 0. The molecular formula is C39H28N2. The Morgan fingerprint density at radius 3 is 2.00 bits per heavy atom. The van der Waals surface area contributed by atoms with Gasteiger partial charge in [-0.2, -0.15) is 0 Å².